The quantitative estimate of drug-likeness (QED) is 0.820. The van der Waals surface area contributed by atoms with E-state index in [1.165, 1.54) is 12.1 Å². The number of benzene rings is 1. The van der Waals surface area contributed by atoms with Crippen molar-refractivity contribution in [2.24, 2.45) is 5.14 Å². The van der Waals surface area contributed by atoms with Crippen LogP contribution in [0, 0.1) is 0 Å². The Morgan fingerprint density at radius 2 is 1.83 bits per heavy atom. The Hall–Kier alpha value is -1.84. The number of hydrogen-bond acceptors (Lipinski definition) is 6. The minimum atomic E-state index is -4.49. The molecule has 0 atom stereocenters. The number of esters is 1. The first-order valence-corrected chi connectivity index (χ1v) is 8.19. The third kappa shape index (κ3) is 5.08. The maximum atomic E-state index is 12.1. The first-order chi connectivity index (χ1) is 10.4. The summed E-state index contributed by atoms with van der Waals surface area (Å²) in [7, 11) is -3.35. The van der Waals surface area contributed by atoms with Crippen LogP contribution < -0.4 is 9.44 Å². The van der Waals surface area contributed by atoms with E-state index in [-0.39, 0.29) is 20.6 Å². The van der Waals surface area contributed by atoms with Gasteiger partial charge in [-0.25, -0.2) is 14.7 Å². The lowest BCUT2D eigenvalue weighted by Gasteiger charge is -2.25. The van der Waals surface area contributed by atoms with E-state index in [4.69, 9.17) is 21.5 Å². The number of carbonyl (C=O) groups is 2. The lowest BCUT2D eigenvalue weighted by Crippen LogP contribution is -2.44. The number of nitrogens with zero attached hydrogens (tertiary/aromatic N) is 1. The Morgan fingerprint density at radius 3 is 2.26 bits per heavy atom. The molecule has 0 bridgehead atoms. The Balaban J connectivity index is 3.41. The molecule has 1 amide bonds. The molecule has 8 nitrogen and oxygen atoms in total. The standard InChI is InChI=1S/C13H17ClN2O6S/c1-13(2,3)22-12(18)16(23(15,19)20)8-5-6-10(14)9(7-8)11(17)21-4/h5-7H,1-4H3,(H2,15,19,20). The molecule has 0 radical (unpaired) electrons. The fourth-order valence-corrected chi connectivity index (χ4v) is 2.41. The number of carbonyl (C=O) groups excluding carboxylic acids is 2. The van der Waals surface area contributed by atoms with Crippen LogP contribution in [-0.2, 0) is 19.7 Å². The van der Waals surface area contributed by atoms with Crippen LogP contribution in [0.1, 0.15) is 31.1 Å². The monoisotopic (exact) mass is 364 g/mol. The van der Waals surface area contributed by atoms with Crippen LogP contribution >= 0.6 is 11.6 Å². The highest BCUT2D eigenvalue weighted by molar-refractivity contribution is 7.91. The molecule has 10 heteroatoms. The number of methoxy groups -OCH3 is 1. The van der Waals surface area contributed by atoms with Crippen molar-refractivity contribution in [2.45, 2.75) is 26.4 Å². The van der Waals surface area contributed by atoms with Crippen LogP contribution in [0.3, 0.4) is 0 Å². The van der Waals surface area contributed by atoms with Crippen molar-refractivity contribution in [3.8, 4) is 0 Å². The minimum Gasteiger partial charge on any atom is -0.465 e. The van der Waals surface area contributed by atoms with Crippen LogP contribution in [0.15, 0.2) is 18.2 Å². The smallest absolute Gasteiger partial charge is 0.429 e. The maximum Gasteiger partial charge on any atom is 0.429 e. The van der Waals surface area contributed by atoms with Gasteiger partial charge in [-0.15, -0.1) is 0 Å². The average Bonchev–Trinajstić information content (AvgIpc) is 2.36. The molecule has 0 spiro atoms. The average molecular weight is 365 g/mol. The van der Waals surface area contributed by atoms with Crippen molar-refractivity contribution < 1.29 is 27.5 Å². The second kappa shape index (κ2) is 6.73. The van der Waals surface area contributed by atoms with Crippen molar-refractivity contribution in [3.63, 3.8) is 0 Å². The highest BCUT2D eigenvalue weighted by Crippen LogP contribution is 2.26. The Morgan fingerprint density at radius 1 is 1.26 bits per heavy atom. The molecular formula is C13H17ClN2O6S. The van der Waals surface area contributed by atoms with E-state index in [1.807, 2.05) is 0 Å². The van der Waals surface area contributed by atoms with Gasteiger partial charge in [0.05, 0.1) is 23.4 Å². The van der Waals surface area contributed by atoms with Gasteiger partial charge in [0, 0.05) is 0 Å². The molecule has 0 saturated heterocycles. The van der Waals surface area contributed by atoms with Crippen molar-refractivity contribution >= 4 is 39.6 Å². The van der Waals surface area contributed by atoms with Crippen molar-refractivity contribution in [3.05, 3.63) is 28.8 Å². The fourth-order valence-electron chi connectivity index (χ4n) is 1.57. The summed E-state index contributed by atoms with van der Waals surface area (Å²) in [5.74, 6) is -0.796. The maximum absolute atomic E-state index is 12.1. The summed E-state index contributed by atoms with van der Waals surface area (Å²) in [4.78, 5) is 23.8. The first-order valence-electron chi connectivity index (χ1n) is 6.30. The largest absolute Gasteiger partial charge is 0.465 e. The van der Waals surface area contributed by atoms with Gasteiger partial charge in [0.25, 0.3) is 0 Å². The Bertz CT molecular complexity index is 726. The summed E-state index contributed by atoms with van der Waals surface area (Å²) < 4.78 is 33.3. The molecular weight excluding hydrogens is 348 g/mol. The molecule has 0 heterocycles. The van der Waals surface area contributed by atoms with Crippen LogP contribution in [0.4, 0.5) is 10.5 Å². The van der Waals surface area contributed by atoms with Gasteiger partial charge in [-0.3, -0.25) is 0 Å². The van der Waals surface area contributed by atoms with E-state index in [0.29, 0.717) is 0 Å². The molecule has 1 aromatic rings. The Kier molecular flexibility index (Phi) is 5.62. The van der Waals surface area contributed by atoms with E-state index >= 15 is 0 Å². The third-order valence-corrected chi connectivity index (χ3v) is 3.60. The summed E-state index contributed by atoms with van der Waals surface area (Å²) in [6.45, 7) is 4.69. The topological polar surface area (TPSA) is 116 Å². The van der Waals surface area contributed by atoms with Crippen LogP contribution in [0.5, 0.6) is 0 Å². The lowest BCUT2D eigenvalue weighted by molar-refractivity contribution is 0.0590. The molecule has 1 rings (SSSR count). The first kappa shape index (κ1) is 19.2. The number of halogens is 1. The number of ether oxygens (including phenoxy) is 2. The number of nitrogens with two attached hydrogens (primary N) is 1. The van der Waals surface area contributed by atoms with Gasteiger partial charge in [0.1, 0.15) is 5.60 Å². The van der Waals surface area contributed by atoms with E-state index in [1.54, 1.807) is 20.8 Å². The zero-order valence-electron chi connectivity index (χ0n) is 13.0. The molecule has 0 aliphatic rings. The number of anilines is 1. The summed E-state index contributed by atoms with van der Waals surface area (Å²) in [6, 6.07) is 3.53. The summed E-state index contributed by atoms with van der Waals surface area (Å²) in [5, 5.41) is 5.10. The molecule has 128 valence electrons. The predicted molar refractivity (Wildman–Crippen MR) is 84.6 cm³/mol. The van der Waals surface area contributed by atoms with Gasteiger partial charge in [0.15, 0.2) is 0 Å². The van der Waals surface area contributed by atoms with Gasteiger partial charge in [-0.05, 0) is 39.0 Å². The van der Waals surface area contributed by atoms with Crippen LogP contribution in [-0.4, -0.2) is 33.2 Å². The molecule has 0 aliphatic carbocycles. The van der Waals surface area contributed by atoms with Gasteiger partial charge >= 0.3 is 22.3 Å². The van der Waals surface area contributed by atoms with Gasteiger partial charge in [-0.1, -0.05) is 11.6 Å². The SMILES string of the molecule is COC(=O)c1cc(N(C(=O)OC(C)(C)C)S(N)(=O)=O)ccc1Cl. The molecule has 0 unspecified atom stereocenters. The molecule has 0 fully saturated rings. The highest BCUT2D eigenvalue weighted by atomic mass is 35.5. The van der Waals surface area contributed by atoms with Gasteiger partial charge in [0.2, 0.25) is 0 Å². The van der Waals surface area contributed by atoms with Gasteiger partial charge < -0.3 is 9.47 Å². The number of rotatable bonds is 3. The summed E-state index contributed by atoms with van der Waals surface area (Å²) >= 11 is 5.86. The normalized spacial score (nSPS) is 11.7. The minimum absolute atomic E-state index is 0.0270. The van der Waals surface area contributed by atoms with E-state index < -0.39 is 27.9 Å². The Labute approximate surface area is 139 Å². The van der Waals surface area contributed by atoms with Crippen molar-refractivity contribution in [1.29, 1.82) is 0 Å². The molecule has 1 aromatic carbocycles. The molecule has 0 saturated carbocycles. The molecule has 2 N–H and O–H groups in total. The predicted octanol–water partition coefficient (Wildman–Crippen LogP) is 2.07. The van der Waals surface area contributed by atoms with E-state index in [2.05, 4.69) is 4.74 Å². The summed E-state index contributed by atoms with van der Waals surface area (Å²) in [5.41, 5.74) is -1.27. The van der Waals surface area contributed by atoms with E-state index in [9.17, 15) is 18.0 Å². The number of amides is 1. The zero-order valence-corrected chi connectivity index (χ0v) is 14.6. The van der Waals surface area contributed by atoms with Crippen molar-refractivity contribution in [1.82, 2.24) is 0 Å². The lowest BCUT2D eigenvalue weighted by atomic mass is 10.2. The van der Waals surface area contributed by atoms with Crippen molar-refractivity contribution in [2.75, 3.05) is 11.4 Å². The third-order valence-electron chi connectivity index (χ3n) is 2.40. The van der Waals surface area contributed by atoms with E-state index in [0.717, 1.165) is 13.2 Å². The van der Waals surface area contributed by atoms with Gasteiger partial charge in [-0.2, -0.15) is 12.7 Å². The summed E-state index contributed by atoms with van der Waals surface area (Å²) in [6.07, 6.45) is -1.21. The number of hydrogen-bond donors (Lipinski definition) is 1. The molecule has 23 heavy (non-hydrogen) atoms. The highest BCUT2D eigenvalue weighted by Gasteiger charge is 2.31. The molecule has 0 aromatic heterocycles. The fraction of sp³-hybridized carbons (Fsp3) is 0.385. The van der Waals surface area contributed by atoms with Crippen LogP contribution in [0.25, 0.3) is 0 Å². The second-order valence-corrected chi connectivity index (χ2v) is 7.25. The van der Waals surface area contributed by atoms with Crippen LogP contribution in [0.2, 0.25) is 5.02 Å². The zero-order chi connectivity index (χ0) is 18.0. The molecule has 0 aliphatic heterocycles. The second-order valence-electron chi connectivity index (χ2n) is 5.45.